The normalized spacial score (nSPS) is 18.2. The second kappa shape index (κ2) is 18.8. The lowest BCUT2D eigenvalue weighted by Crippen LogP contribution is -2.48. The molecule has 3 aromatic rings. The van der Waals surface area contributed by atoms with Crippen LogP contribution in [0.4, 0.5) is 17.1 Å². The highest BCUT2D eigenvalue weighted by Crippen LogP contribution is 2.37. The van der Waals surface area contributed by atoms with E-state index in [-0.39, 0.29) is 19.3 Å². The van der Waals surface area contributed by atoms with E-state index >= 15 is 0 Å². The first-order valence-electron chi connectivity index (χ1n) is 21.3. The molecule has 8 nitrogen and oxygen atoms in total. The first-order valence-corrected chi connectivity index (χ1v) is 21.3. The summed E-state index contributed by atoms with van der Waals surface area (Å²) in [5.41, 5.74) is 7.46. The Kier molecular flexibility index (Phi) is 13.8. The van der Waals surface area contributed by atoms with E-state index < -0.39 is 28.5 Å². The van der Waals surface area contributed by atoms with Crippen molar-refractivity contribution in [1.82, 2.24) is 0 Å². The zero-order valence-corrected chi connectivity index (χ0v) is 34.8. The van der Waals surface area contributed by atoms with Gasteiger partial charge in [-0.15, -0.1) is 0 Å². The van der Waals surface area contributed by atoms with Crippen molar-refractivity contribution in [2.24, 2.45) is 11.1 Å². The van der Waals surface area contributed by atoms with Gasteiger partial charge in [-0.25, -0.2) is 0 Å². The summed E-state index contributed by atoms with van der Waals surface area (Å²) in [6.07, 6.45) is 14.3. The average Bonchev–Trinajstić information content (AvgIpc) is 3.23. The molecule has 0 aromatic heterocycles. The van der Waals surface area contributed by atoms with Gasteiger partial charge in [-0.3, -0.25) is 4.79 Å². The van der Waals surface area contributed by atoms with Crippen LogP contribution in [0.25, 0.3) is 0 Å². The summed E-state index contributed by atoms with van der Waals surface area (Å²) in [6.45, 7) is 0. The van der Waals surface area contributed by atoms with Crippen molar-refractivity contribution in [3.8, 4) is 35.5 Å². The Hall–Kier alpha value is -4.91. The third-order valence-corrected chi connectivity index (χ3v) is 13.0. The minimum absolute atomic E-state index is 0.154. The van der Waals surface area contributed by atoms with E-state index in [1.165, 1.54) is 0 Å². The van der Waals surface area contributed by atoms with E-state index in [9.17, 15) is 20.1 Å². The molecule has 1 amide bonds. The maximum Gasteiger partial charge on any atom is 0.226 e. The summed E-state index contributed by atoms with van der Waals surface area (Å²) in [4.78, 5) is 19.4. The van der Waals surface area contributed by atoms with Crippen LogP contribution in [0.1, 0.15) is 132 Å². The Balaban J connectivity index is 1.26. The van der Waals surface area contributed by atoms with E-state index in [1.807, 2.05) is 109 Å². The number of nitrogens with zero attached hydrogens (tertiary/aromatic N) is 3. The molecule has 3 aromatic carbocycles. The summed E-state index contributed by atoms with van der Waals surface area (Å²) in [6, 6.07) is 23.5. The first kappa shape index (κ1) is 42.7. The number of carbonyl (C=O) groups excluding carboxylic acids is 1. The van der Waals surface area contributed by atoms with Gasteiger partial charge in [0.25, 0.3) is 0 Å². The number of hydrogen-bond acceptors (Lipinski definition) is 7. The lowest BCUT2D eigenvalue weighted by Gasteiger charge is -2.41. The Labute approximate surface area is 346 Å². The minimum atomic E-state index is -1.16. The molecule has 0 heterocycles. The number of carbonyl (C=O) groups is 1. The second-order valence-electron chi connectivity index (χ2n) is 17.0. The molecule has 3 fully saturated rings. The Morgan fingerprint density at radius 2 is 0.810 bits per heavy atom. The van der Waals surface area contributed by atoms with E-state index in [1.54, 1.807) is 0 Å². The highest BCUT2D eigenvalue weighted by Gasteiger charge is 2.37. The third kappa shape index (κ3) is 10.2. The van der Waals surface area contributed by atoms with Crippen molar-refractivity contribution < 1.29 is 20.1 Å². The molecular weight excluding hydrogens is 721 g/mol. The Morgan fingerprint density at radius 3 is 1.07 bits per heavy atom. The standard InChI is InChI=1S/C50H62N4O4/c1-52(48(56)31-7-4-8-32-48)43-25-13-19-40(37-43)22-16-28-47(46(51)55,29-17-23-41-20-14-26-44(38-41)53(2)49(57)33-9-5-10-34-49)30-18-24-42-21-15-27-45(39-42)54(3)50(58)35-11-6-12-36-50/h13-15,19-21,25-27,37-39,56-58H,4-12,28-36H2,1-3H3,(H2,51,55). The van der Waals surface area contributed by atoms with Gasteiger partial charge >= 0.3 is 0 Å². The fourth-order valence-corrected chi connectivity index (χ4v) is 8.85. The molecule has 3 aliphatic rings. The monoisotopic (exact) mass is 782 g/mol. The first-order chi connectivity index (χ1) is 27.8. The largest absolute Gasteiger partial charge is 0.371 e. The van der Waals surface area contributed by atoms with Crippen LogP contribution in [0.3, 0.4) is 0 Å². The van der Waals surface area contributed by atoms with Gasteiger partial charge in [0, 0.05) is 74.2 Å². The highest BCUT2D eigenvalue weighted by atomic mass is 16.3. The van der Waals surface area contributed by atoms with Crippen LogP contribution in [0.5, 0.6) is 0 Å². The SMILES string of the molecule is CN(c1cccc(C#CCC(CC#Cc2cccc(N(C)C3(O)CCCCC3)c2)(CC#Cc2cccc(N(C)C3(O)CCCCC3)c2)C(N)=O)c1)C1(O)CCCCC1. The van der Waals surface area contributed by atoms with E-state index in [4.69, 9.17) is 5.73 Å². The van der Waals surface area contributed by atoms with Crippen LogP contribution in [0.15, 0.2) is 72.8 Å². The maximum absolute atomic E-state index is 13.5. The number of hydrogen-bond donors (Lipinski definition) is 4. The van der Waals surface area contributed by atoms with Gasteiger partial charge in [0.05, 0.1) is 5.41 Å². The zero-order chi connectivity index (χ0) is 41.2. The molecule has 0 atom stereocenters. The number of benzene rings is 3. The molecule has 0 unspecified atom stereocenters. The van der Waals surface area contributed by atoms with E-state index in [2.05, 4.69) is 35.5 Å². The Morgan fingerprint density at radius 1 is 0.534 bits per heavy atom. The molecule has 0 aliphatic heterocycles. The predicted molar refractivity (Wildman–Crippen MR) is 235 cm³/mol. The van der Waals surface area contributed by atoms with Crippen molar-refractivity contribution in [2.45, 2.75) is 133 Å². The number of rotatable bonds is 10. The molecule has 306 valence electrons. The lowest BCUT2D eigenvalue weighted by atomic mass is 9.77. The van der Waals surface area contributed by atoms with Crippen LogP contribution in [0, 0.1) is 40.9 Å². The zero-order valence-electron chi connectivity index (χ0n) is 34.8. The summed E-state index contributed by atoms with van der Waals surface area (Å²) >= 11 is 0. The van der Waals surface area contributed by atoms with Gasteiger partial charge in [-0.2, -0.15) is 0 Å². The summed E-state index contributed by atoms with van der Waals surface area (Å²) in [5, 5.41) is 34.1. The van der Waals surface area contributed by atoms with Gasteiger partial charge in [0.15, 0.2) is 0 Å². The molecule has 5 N–H and O–H groups in total. The molecule has 3 aliphatic carbocycles. The molecule has 0 radical (unpaired) electrons. The molecule has 0 saturated heterocycles. The fraction of sp³-hybridized carbons (Fsp3) is 0.500. The topological polar surface area (TPSA) is 114 Å². The molecular formula is C50H62N4O4. The predicted octanol–water partition coefficient (Wildman–Crippen LogP) is 8.05. The molecule has 0 bridgehead atoms. The summed E-state index contributed by atoms with van der Waals surface area (Å²) in [5.74, 6) is 19.1. The molecule has 0 spiro atoms. The number of amides is 1. The number of aliphatic hydroxyl groups is 3. The quantitative estimate of drug-likeness (QED) is 0.122. The van der Waals surface area contributed by atoms with E-state index in [0.717, 1.165) is 130 Å². The third-order valence-electron chi connectivity index (χ3n) is 13.0. The molecule has 8 heteroatoms. The lowest BCUT2D eigenvalue weighted by molar-refractivity contribution is -0.127. The number of nitrogens with two attached hydrogens (primary N) is 1. The van der Waals surface area contributed by atoms with Crippen molar-refractivity contribution in [2.75, 3.05) is 35.8 Å². The van der Waals surface area contributed by atoms with Crippen LogP contribution in [-0.4, -0.2) is 59.5 Å². The van der Waals surface area contributed by atoms with Gasteiger partial charge < -0.3 is 35.8 Å². The minimum Gasteiger partial charge on any atom is -0.371 e. The fourth-order valence-electron chi connectivity index (χ4n) is 8.85. The summed E-state index contributed by atoms with van der Waals surface area (Å²) < 4.78 is 0. The van der Waals surface area contributed by atoms with E-state index in [0.29, 0.717) is 0 Å². The van der Waals surface area contributed by atoms with Crippen molar-refractivity contribution in [3.63, 3.8) is 0 Å². The van der Waals surface area contributed by atoms with Crippen LogP contribution in [0.2, 0.25) is 0 Å². The van der Waals surface area contributed by atoms with Gasteiger partial charge in [-0.1, -0.05) is 73.0 Å². The second-order valence-corrected chi connectivity index (χ2v) is 17.0. The average molecular weight is 783 g/mol. The molecule has 3 saturated carbocycles. The van der Waals surface area contributed by atoms with Crippen LogP contribution in [-0.2, 0) is 4.79 Å². The smallest absolute Gasteiger partial charge is 0.226 e. The van der Waals surface area contributed by atoms with Crippen LogP contribution >= 0.6 is 0 Å². The van der Waals surface area contributed by atoms with Gasteiger partial charge in [-0.05, 0) is 132 Å². The molecule has 58 heavy (non-hydrogen) atoms. The van der Waals surface area contributed by atoms with Crippen molar-refractivity contribution in [3.05, 3.63) is 89.5 Å². The molecule has 6 rings (SSSR count). The van der Waals surface area contributed by atoms with Gasteiger partial charge in [0.1, 0.15) is 17.2 Å². The van der Waals surface area contributed by atoms with Crippen molar-refractivity contribution in [1.29, 1.82) is 0 Å². The number of primary amides is 1. The van der Waals surface area contributed by atoms with Gasteiger partial charge in [0.2, 0.25) is 5.91 Å². The Bertz CT molecular complexity index is 1850. The van der Waals surface area contributed by atoms with Crippen LogP contribution < -0.4 is 20.4 Å². The highest BCUT2D eigenvalue weighted by molar-refractivity contribution is 5.82. The summed E-state index contributed by atoms with van der Waals surface area (Å²) in [7, 11) is 5.80. The maximum atomic E-state index is 13.5. The van der Waals surface area contributed by atoms with Crippen molar-refractivity contribution >= 4 is 23.0 Å². The number of anilines is 3.